The van der Waals surface area contributed by atoms with Crippen LogP contribution in [0.4, 0.5) is 5.95 Å². The molecule has 8 rings (SSSR count). The van der Waals surface area contributed by atoms with E-state index in [4.69, 9.17) is 40.2 Å². The van der Waals surface area contributed by atoms with Crippen LogP contribution in [0.1, 0.15) is 60.5 Å². The number of esters is 1. The fourth-order valence-corrected chi connectivity index (χ4v) is 9.08. The van der Waals surface area contributed by atoms with Gasteiger partial charge in [-0.2, -0.15) is 4.98 Å². The second-order valence-electron chi connectivity index (χ2n) is 17.8. The number of imidazole rings is 1. The number of ether oxygens (including phenoxy) is 2. The summed E-state index contributed by atoms with van der Waals surface area (Å²) in [5, 5.41) is 2.96. The van der Waals surface area contributed by atoms with Crippen LogP contribution in [0.25, 0.3) is 11.2 Å². The molecule has 0 bridgehead atoms. The van der Waals surface area contributed by atoms with Crippen LogP contribution in [0.3, 0.4) is 0 Å². The molecule has 67 heavy (non-hydrogen) atoms. The Morgan fingerprint density at radius 3 is 1.90 bits per heavy atom. The molecule has 5 aromatic carbocycles. The van der Waals surface area contributed by atoms with E-state index in [1.165, 1.54) is 4.67 Å². The zero-order valence-corrected chi connectivity index (χ0v) is 39.9. The maximum absolute atomic E-state index is 13.6. The van der Waals surface area contributed by atoms with Gasteiger partial charge in [0.2, 0.25) is 11.9 Å². The molecule has 3 atom stereocenters. The fourth-order valence-electron chi connectivity index (χ4n) is 8.33. The third-order valence-electron chi connectivity index (χ3n) is 11.8. The van der Waals surface area contributed by atoms with Gasteiger partial charge in [0.1, 0.15) is 17.5 Å². The topological polar surface area (TPSA) is 141 Å². The number of aromatic nitrogens is 4. The molecule has 0 aliphatic carbocycles. The molecule has 0 radical (unpaired) electrons. The lowest BCUT2D eigenvalue weighted by atomic mass is 9.75. The molecule has 346 valence electrons. The maximum atomic E-state index is 13.6. The molecule has 1 aliphatic heterocycles. The van der Waals surface area contributed by atoms with Crippen molar-refractivity contribution in [1.29, 1.82) is 0 Å². The first-order valence-corrected chi connectivity index (χ1v) is 24.8. The predicted octanol–water partition coefficient (Wildman–Crippen LogP) is 9.86. The van der Waals surface area contributed by atoms with Crippen molar-refractivity contribution in [2.45, 2.75) is 57.9 Å². The molecule has 13 nitrogen and oxygen atoms in total. The van der Waals surface area contributed by atoms with Crippen LogP contribution in [-0.2, 0) is 48.2 Å². The van der Waals surface area contributed by atoms with E-state index < -0.39 is 30.2 Å². The summed E-state index contributed by atoms with van der Waals surface area (Å²) in [4.78, 5) is 43.3. The first-order chi connectivity index (χ1) is 32.2. The first-order valence-electron chi connectivity index (χ1n) is 22.3. The molecule has 1 saturated heterocycles. The lowest BCUT2D eigenvalue weighted by Crippen LogP contribution is -2.57. The number of aryl methyl sites for hydroxylation is 2. The third-order valence-corrected chi connectivity index (χ3v) is 14.4. The SMILES string of the molecule is CN(C)P(=O)(Cl)OC[C@@H]1CN(C(c2ccccc2)(c2ccccc2)c2ccccc2)C[C@H](n2cnc3c(CCc4ccc(OC(=O)C(C)(C)C)cc4)nc(NC(=O)Cc4ccccc4)nc32)O1. The molecule has 1 unspecified atom stereocenters. The van der Waals surface area contributed by atoms with E-state index in [-0.39, 0.29) is 30.9 Å². The number of anilines is 1. The zero-order chi connectivity index (χ0) is 47.2. The zero-order valence-electron chi connectivity index (χ0n) is 38.3. The van der Waals surface area contributed by atoms with Gasteiger partial charge in [-0.3, -0.25) is 28.9 Å². The van der Waals surface area contributed by atoms with E-state index in [0.717, 1.165) is 27.8 Å². The van der Waals surface area contributed by atoms with Gasteiger partial charge in [0.05, 0.1) is 42.1 Å². The fraction of sp³-hybridized carbons (Fsp3) is 0.288. The number of hydrogen-bond acceptors (Lipinski definition) is 10. The number of morpholine rings is 1. The number of nitrogens with zero attached hydrogens (tertiary/aromatic N) is 6. The maximum Gasteiger partial charge on any atom is 0.362 e. The minimum atomic E-state index is -3.68. The number of rotatable bonds is 16. The van der Waals surface area contributed by atoms with Gasteiger partial charge in [0.25, 0.3) is 0 Å². The smallest absolute Gasteiger partial charge is 0.362 e. The summed E-state index contributed by atoms with van der Waals surface area (Å²) < 4.78 is 35.2. The lowest BCUT2D eigenvalue weighted by Gasteiger charge is -2.50. The summed E-state index contributed by atoms with van der Waals surface area (Å²) in [6, 6.07) is 48.0. The number of nitrogens with one attached hydrogen (secondary N) is 1. The Morgan fingerprint density at radius 2 is 1.34 bits per heavy atom. The third kappa shape index (κ3) is 10.9. The van der Waals surface area contributed by atoms with E-state index in [1.807, 2.05) is 122 Å². The molecule has 7 aromatic rings. The normalized spacial score (nSPS) is 16.7. The summed E-state index contributed by atoms with van der Waals surface area (Å²) in [6.07, 6.45) is 1.47. The van der Waals surface area contributed by atoms with Gasteiger partial charge < -0.3 is 14.0 Å². The van der Waals surface area contributed by atoms with Crippen LogP contribution in [0.5, 0.6) is 5.75 Å². The quantitative estimate of drug-likeness (QED) is 0.0429. The van der Waals surface area contributed by atoms with Gasteiger partial charge >= 0.3 is 12.8 Å². The van der Waals surface area contributed by atoms with Crippen molar-refractivity contribution < 1.29 is 28.2 Å². The van der Waals surface area contributed by atoms with Crippen molar-refractivity contribution >= 4 is 47.1 Å². The first kappa shape index (κ1) is 47.4. The Hall–Kier alpha value is -6.05. The Balaban J connectivity index is 1.21. The number of carbonyl (C=O) groups excluding carboxylic acids is 2. The highest BCUT2D eigenvalue weighted by Gasteiger charge is 2.47. The van der Waals surface area contributed by atoms with E-state index >= 15 is 0 Å². The van der Waals surface area contributed by atoms with Crippen molar-refractivity contribution in [2.75, 3.05) is 39.1 Å². The van der Waals surface area contributed by atoms with Gasteiger partial charge in [0, 0.05) is 13.1 Å². The second kappa shape index (κ2) is 20.4. The van der Waals surface area contributed by atoms with Crippen LogP contribution in [0, 0.1) is 5.41 Å². The van der Waals surface area contributed by atoms with Crippen LogP contribution >= 0.6 is 18.1 Å². The largest absolute Gasteiger partial charge is 0.426 e. The number of carbonyl (C=O) groups is 2. The minimum absolute atomic E-state index is 0.0811. The molecular formula is C52H55ClN7O6P. The van der Waals surface area contributed by atoms with E-state index in [0.29, 0.717) is 48.5 Å². The van der Waals surface area contributed by atoms with Crippen molar-refractivity contribution in [2.24, 2.45) is 5.41 Å². The highest BCUT2D eigenvalue weighted by Crippen LogP contribution is 2.54. The predicted molar refractivity (Wildman–Crippen MR) is 261 cm³/mol. The number of fused-ring (bicyclic) bond motifs is 1. The molecule has 0 saturated carbocycles. The van der Waals surface area contributed by atoms with Crippen LogP contribution in [-0.4, -0.2) is 80.9 Å². The number of halogens is 1. The van der Waals surface area contributed by atoms with Gasteiger partial charge in [-0.05, 0) is 98.9 Å². The number of amides is 1. The number of benzene rings is 5. The van der Waals surface area contributed by atoms with Crippen LogP contribution < -0.4 is 10.1 Å². The Morgan fingerprint density at radius 1 is 0.776 bits per heavy atom. The van der Waals surface area contributed by atoms with Gasteiger partial charge in [-0.15, -0.1) is 0 Å². The molecule has 15 heteroatoms. The van der Waals surface area contributed by atoms with Crippen molar-refractivity contribution in [3.63, 3.8) is 0 Å². The standard InChI is InChI=1S/C52H55ClN7O6P/c1-51(2,3)49(62)66-42-29-26-37(27-30-42)28-31-44-47-48(57-50(55-44)56-45(61)32-38-18-10-6-11-19-38)60(36-54-47)46-34-59(33-43(65-46)35-64-67(53,63)58(4)5)52(39-20-12-7-13-21-39,40-22-14-8-15-23-40)41-24-16-9-17-25-41/h6-27,29-30,36,43,46H,28,31-35H2,1-5H3,(H,55,56,57,61)/t43-,46+,67?/m0/s1. The summed E-state index contributed by atoms with van der Waals surface area (Å²) in [5.41, 5.74) is 5.08. The summed E-state index contributed by atoms with van der Waals surface area (Å²) in [6.45, 7) is 2.38. The van der Waals surface area contributed by atoms with E-state index in [9.17, 15) is 14.2 Å². The average molecular weight is 940 g/mol. The molecule has 0 spiro atoms. The minimum Gasteiger partial charge on any atom is -0.426 e. The van der Waals surface area contributed by atoms with Crippen molar-refractivity contribution in [3.8, 4) is 5.75 Å². The number of hydrogen-bond donors (Lipinski definition) is 1. The monoisotopic (exact) mass is 939 g/mol. The summed E-state index contributed by atoms with van der Waals surface area (Å²) in [7, 11) is 3.22. The lowest BCUT2D eigenvalue weighted by molar-refractivity contribution is -0.145. The molecule has 1 amide bonds. The average Bonchev–Trinajstić information content (AvgIpc) is 3.76. The Bertz CT molecular complexity index is 2730. The highest BCUT2D eigenvalue weighted by molar-refractivity contribution is 7.83. The second-order valence-corrected chi connectivity index (χ2v) is 21.1. The Kier molecular flexibility index (Phi) is 14.5. The molecule has 1 fully saturated rings. The van der Waals surface area contributed by atoms with Crippen molar-refractivity contribution in [1.82, 2.24) is 29.1 Å². The van der Waals surface area contributed by atoms with Gasteiger partial charge in [0.15, 0.2) is 5.65 Å². The molecule has 1 N–H and O–H groups in total. The molecular weight excluding hydrogens is 885 g/mol. The molecule has 3 heterocycles. The van der Waals surface area contributed by atoms with Gasteiger partial charge in [-0.25, -0.2) is 14.6 Å². The van der Waals surface area contributed by atoms with Crippen LogP contribution in [0.2, 0.25) is 0 Å². The summed E-state index contributed by atoms with van der Waals surface area (Å²) >= 11 is 6.47. The molecule has 2 aromatic heterocycles. The summed E-state index contributed by atoms with van der Waals surface area (Å²) in [5.74, 6) is 0.00352. The van der Waals surface area contributed by atoms with Crippen LogP contribution in [0.15, 0.2) is 152 Å². The van der Waals surface area contributed by atoms with Gasteiger partial charge in [-0.1, -0.05) is 133 Å². The van der Waals surface area contributed by atoms with E-state index in [1.54, 1.807) is 32.6 Å². The van der Waals surface area contributed by atoms with Crippen molar-refractivity contribution in [3.05, 3.63) is 185 Å². The molecule has 1 aliphatic rings. The van der Waals surface area contributed by atoms with E-state index in [2.05, 4.69) is 46.6 Å². The highest BCUT2D eigenvalue weighted by atomic mass is 35.7. The Labute approximate surface area is 396 Å².